The lowest BCUT2D eigenvalue weighted by Crippen LogP contribution is -2.63. The van der Waals surface area contributed by atoms with Crippen LogP contribution in [0.2, 0.25) is 0 Å². The maximum Gasteiger partial charge on any atom is 0.258 e. The first kappa shape index (κ1) is 17.7. The minimum absolute atomic E-state index is 0.0255. The second-order valence-electron chi connectivity index (χ2n) is 5.88. The number of amides is 2. The fourth-order valence-corrected chi connectivity index (χ4v) is 2.65. The highest BCUT2D eigenvalue weighted by Crippen LogP contribution is 2.41. The lowest BCUT2D eigenvalue weighted by Gasteiger charge is -2.39. The molecule has 0 aliphatic carbocycles. The van der Waals surface area contributed by atoms with Crippen molar-refractivity contribution < 1.29 is 19.8 Å². The normalized spacial score (nSPS) is 16.0. The van der Waals surface area contributed by atoms with E-state index in [1.54, 1.807) is 24.3 Å². The predicted molar refractivity (Wildman–Crippen MR) is 88.5 cm³/mol. The van der Waals surface area contributed by atoms with Gasteiger partial charge in [0.15, 0.2) is 0 Å². The Morgan fingerprint density at radius 1 is 0.708 bits per heavy atom. The second kappa shape index (κ2) is 6.07. The smallest absolute Gasteiger partial charge is 0.258 e. The summed E-state index contributed by atoms with van der Waals surface area (Å²) >= 11 is 0. The summed E-state index contributed by atoms with van der Waals surface area (Å²) in [5.41, 5.74) is 6.99. The van der Waals surface area contributed by atoms with Gasteiger partial charge in [0.25, 0.3) is 11.8 Å². The first-order valence-corrected chi connectivity index (χ1v) is 7.33. The topological polar surface area (TPSA) is 127 Å². The molecule has 0 spiro atoms. The fraction of sp³-hybridized carbons (Fsp3) is 0.222. The molecule has 6 N–H and O–H groups in total. The third kappa shape index (κ3) is 2.55. The van der Waals surface area contributed by atoms with Gasteiger partial charge in [-0.05, 0) is 25.0 Å². The number of carbonyl (C=O) groups excluding carboxylic acids is 2. The van der Waals surface area contributed by atoms with E-state index in [1.165, 1.54) is 24.3 Å². The second-order valence-corrected chi connectivity index (χ2v) is 5.88. The molecule has 0 heterocycles. The molecule has 126 valence electrons. The van der Waals surface area contributed by atoms with Gasteiger partial charge in [0, 0.05) is 0 Å². The molecule has 2 aromatic carbocycles. The van der Waals surface area contributed by atoms with Crippen LogP contribution in [0.3, 0.4) is 0 Å². The standard InChI is InChI=1S/C18H20N2O4/c1-11-3-7-13(8-4-11)17(23,15(19)21)18(24,16(20)22)14-9-5-12(2)6-10-14/h3-10,23-24H,1-2H3,(H2,19,21)(H2,20,22). The lowest BCUT2D eigenvalue weighted by atomic mass is 9.72. The highest BCUT2D eigenvalue weighted by molar-refractivity contribution is 5.97. The molecule has 2 unspecified atom stereocenters. The summed E-state index contributed by atoms with van der Waals surface area (Å²) in [4.78, 5) is 24.2. The van der Waals surface area contributed by atoms with Gasteiger partial charge in [0.05, 0.1) is 0 Å². The molecule has 0 saturated carbocycles. The Hall–Kier alpha value is -2.70. The van der Waals surface area contributed by atoms with Crippen LogP contribution in [0.25, 0.3) is 0 Å². The van der Waals surface area contributed by atoms with Crippen LogP contribution in [0.1, 0.15) is 22.3 Å². The summed E-state index contributed by atoms with van der Waals surface area (Å²) in [5.74, 6) is -2.57. The lowest BCUT2D eigenvalue weighted by molar-refractivity contribution is -0.187. The Kier molecular flexibility index (Phi) is 4.46. The largest absolute Gasteiger partial charge is 0.372 e. The van der Waals surface area contributed by atoms with Crippen molar-refractivity contribution in [1.29, 1.82) is 0 Å². The number of hydrogen-bond donors (Lipinski definition) is 4. The van der Waals surface area contributed by atoms with Crippen LogP contribution < -0.4 is 11.5 Å². The van der Waals surface area contributed by atoms with Crippen molar-refractivity contribution in [2.24, 2.45) is 11.5 Å². The average Bonchev–Trinajstić information content (AvgIpc) is 2.54. The summed E-state index contributed by atoms with van der Waals surface area (Å²) < 4.78 is 0. The van der Waals surface area contributed by atoms with Gasteiger partial charge in [0.2, 0.25) is 11.2 Å². The van der Waals surface area contributed by atoms with Gasteiger partial charge in [-0.15, -0.1) is 0 Å². The molecule has 0 bridgehead atoms. The number of nitrogens with two attached hydrogens (primary N) is 2. The molecule has 2 rings (SSSR count). The van der Waals surface area contributed by atoms with Crippen molar-refractivity contribution in [2.45, 2.75) is 25.0 Å². The first-order valence-electron chi connectivity index (χ1n) is 7.33. The van der Waals surface area contributed by atoms with Crippen LogP contribution >= 0.6 is 0 Å². The zero-order valence-electron chi connectivity index (χ0n) is 13.5. The number of primary amides is 2. The van der Waals surface area contributed by atoms with Crippen molar-refractivity contribution in [3.8, 4) is 0 Å². The molecule has 0 saturated heterocycles. The highest BCUT2D eigenvalue weighted by atomic mass is 16.4. The monoisotopic (exact) mass is 328 g/mol. The van der Waals surface area contributed by atoms with E-state index in [-0.39, 0.29) is 11.1 Å². The molecule has 2 aromatic rings. The zero-order chi connectivity index (χ0) is 18.1. The fourth-order valence-electron chi connectivity index (χ4n) is 2.65. The van der Waals surface area contributed by atoms with Gasteiger partial charge >= 0.3 is 0 Å². The molecule has 2 amide bonds. The molecule has 6 nitrogen and oxygen atoms in total. The highest BCUT2D eigenvalue weighted by Gasteiger charge is 2.60. The molecular formula is C18H20N2O4. The quantitative estimate of drug-likeness (QED) is 0.631. The van der Waals surface area contributed by atoms with E-state index in [2.05, 4.69) is 0 Å². The van der Waals surface area contributed by atoms with Crippen LogP contribution in [-0.2, 0) is 20.8 Å². The Balaban J connectivity index is 2.77. The molecule has 0 aliphatic rings. The van der Waals surface area contributed by atoms with E-state index in [0.29, 0.717) is 0 Å². The van der Waals surface area contributed by atoms with E-state index in [9.17, 15) is 19.8 Å². The third-order valence-corrected chi connectivity index (χ3v) is 4.18. The van der Waals surface area contributed by atoms with Crippen LogP contribution in [0, 0.1) is 13.8 Å². The van der Waals surface area contributed by atoms with Gasteiger partial charge in [0.1, 0.15) is 0 Å². The van der Waals surface area contributed by atoms with Crippen molar-refractivity contribution in [1.82, 2.24) is 0 Å². The van der Waals surface area contributed by atoms with Crippen LogP contribution in [0.15, 0.2) is 48.5 Å². The minimum Gasteiger partial charge on any atom is -0.372 e. The summed E-state index contributed by atoms with van der Waals surface area (Å²) in [5, 5.41) is 22.1. The molecule has 0 radical (unpaired) electrons. The third-order valence-electron chi connectivity index (χ3n) is 4.18. The van der Waals surface area contributed by atoms with E-state index >= 15 is 0 Å². The Labute approximate surface area is 139 Å². The number of aliphatic hydroxyl groups is 2. The van der Waals surface area contributed by atoms with Crippen LogP contribution in [-0.4, -0.2) is 22.0 Å². The Bertz CT molecular complexity index is 703. The number of hydrogen-bond acceptors (Lipinski definition) is 4. The van der Waals surface area contributed by atoms with Crippen molar-refractivity contribution >= 4 is 11.8 Å². The molecule has 6 heteroatoms. The SMILES string of the molecule is Cc1ccc(C(O)(C(N)=O)C(O)(C(N)=O)c2ccc(C)cc2)cc1. The number of benzene rings is 2. The van der Waals surface area contributed by atoms with Crippen molar-refractivity contribution in [3.05, 3.63) is 70.8 Å². The summed E-state index contributed by atoms with van der Waals surface area (Å²) in [6, 6.07) is 12.2. The molecule has 0 aliphatic heterocycles. The average molecular weight is 328 g/mol. The summed E-state index contributed by atoms with van der Waals surface area (Å²) in [7, 11) is 0. The van der Waals surface area contributed by atoms with E-state index in [4.69, 9.17) is 11.5 Å². The number of rotatable bonds is 5. The van der Waals surface area contributed by atoms with Crippen molar-refractivity contribution in [2.75, 3.05) is 0 Å². The van der Waals surface area contributed by atoms with E-state index in [1.807, 2.05) is 13.8 Å². The molecule has 0 fully saturated rings. The van der Waals surface area contributed by atoms with E-state index in [0.717, 1.165) is 11.1 Å². The van der Waals surface area contributed by atoms with Gasteiger partial charge in [-0.25, -0.2) is 0 Å². The predicted octanol–water partition coefficient (Wildman–Crippen LogP) is 0.349. The zero-order valence-corrected chi connectivity index (χ0v) is 13.5. The van der Waals surface area contributed by atoms with E-state index < -0.39 is 23.0 Å². The van der Waals surface area contributed by atoms with Crippen LogP contribution in [0.5, 0.6) is 0 Å². The molecular weight excluding hydrogens is 308 g/mol. The number of carbonyl (C=O) groups is 2. The first-order chi connectivity index (χ1) is 11.1. The number of aryl methyl sites for hydroxylation is 2. The summed E-state index contributed by atoms with van der Waals surface area (Å²) in [6.07, 6.45) is 0. The van der Waals surface area contributed by atoms with Crippen LogP contribution in [0.4, 0.5) is 0 Å². The maximum absolute atomic E-state index is 12.1. The molecule has 0 aromatic heterocycles. The minimum atomic E-state index is -2.72. The molecule has 2 atom stereocenters. The van der Waals surface area contributed by atoms with Gasteiger partial charge in [-0.2, -0.15) is 0 Å². The van der Waals surface area contributed by atoms with Gasteiger partial charge in [-0.1, -0.05) is 59.7 Å². The van der Waals surface area contributed by atoms with Crippen molar-refractivity contribution in [3.63, 3.8) is 0 Å². The Morgan fingerprint density at radius 3 is 1.17 bits per heavy atom. The Morgan fingerprint density at radius 2 is 0.958 bits per heavy atom. The maximum atomic E-state index is 12.1. The van der Waals surface area contributed by atoms with Gasteiger partial charge < -0.3 is 21.7 Å². The molecule has 24 heavy (non-hydrogen) atoms. The van der Waals surface area contributed by atoms with Gasteiger partial charge in [-0.3, -0.25) is 9.59 Å². The summed E-state index contributed by atoms with van der Waals surface area (Å²) in [6.45, 7) is 3.63.